The lowest BCUT2D eigenvalue weighted by Crippen LogP contribution is -2.33. The minimum absolute atomic E-state index is 0.182. The molecule has 0 saturated carbocycles. The van der Waals surface area contributed by atoms with Crippen molar-refractivity contribution in [3.05, 3.63) is 17.3 Å². The van der Waals surface area contributed by atoms with Gasteiger partial charge < -0.3 is 9.73 Å². The lowest BCUT2D eigenvalue weighted by molar-refractivity contribution is 0.0914. The molecule has 0 spiro atoms. The summed E-state index contributed by atoms with van der Waals surface area (Å²) in [6.45, 7) is 5.19. The maximum atomic E-state index is 11.6. The highest BCUT2D eigenvalue weighted by atomic mass is 16.4. The van der Waals surface area contributed by atoms with Gasteiger partial charge in [-0.05, 0) is 13.3 Å². The summed E-state index contributed by atoms with van der Waals surface area (Å²) in [7, 11) is 0. The zero-order valence-corrected chi connectivity index (χ0v) is 9.00. The standard InChI is InChI=1S/C10H13N3O2/c1-4-8(5-11)13-10(14)9-6(2)12-7(3)15-9/h8H,4H2,1-3H3,(H,13,14). The number of nitrogens with one attached hydrogen (secondary N) is 1. The van der Waals surface area contributed by atoms with E-state index in [0.717, 1.165) is 0 Å². The lowest BCUT2D eigenvalue weighted by atomic mass is 10.2. The first-order chi connectivity index (χ1) is 7.08. The van der Waals surface area contributed by atoms with Gasteiger partial charge in [0, 0.05) is 6.92 Å². The van der Waals surface area contributed by atoms with Crippen molar-refractivity contribution in [3.63, 3.8) is 0 Å². The van der Waals surface area contributed by atoms with Gasteiger partial charge in [0.05, 0.1) is 11.8 Å². The number of carbonyl (C=O) groups is 1. The van der Waals surface area contributed by atoms with E-state index >= 15 is 0 Å². The van der Waals surface area contributed by atoms with Crippen LogP contribution in [0.15, 0.2) is 4.42 Å². The Morgan fingerprint density at radius 1 is 1.67 bits per heavy atom. The summed E-state index contributed by atoms with van der Waals surface area (Å²) in [6.07, 6.45) is 0.564. The van der Waals surface area contributed by atoms with E-state index in [9.17, 15) is 4.79 Å². The van der Waals surface area contributed by atoms with Crippen LogP contribution in [0, 0.1) is 25.2 Å². The van der Waals surface area contributed by atoms with Gasteiger partial charge >= 0.3 is 0 Å². The minimum atomic E-state index is -0.484. The molecule has 1 aromatic heterocycles. The number of carbonyl (C=O) groups excluding carboxylic acids is 1. The van der Waals surface area contributed by atoms with Crippen LogP contribution in [-0.4, -0.2) is 16.9 Å². The number of rotatable bonds is 3. The third kappa shape index (κ3) is 2.56. The van der Waals surface area contributed by atoms with E-state index < -0.39 is 6.04 Å². The van der Waals surface area contributed by atoms with Crippen LogP contribution >= 0.6 is 0 Å². The van der Waals surface area contributed by atoms with Gasteiger partial charge in [0.2, 0.25) is 5.76 Å². The molecule has 0 bridgehead atoms. The van der Waals surface area contributed by atoms with Gasteiger partial charge in [-0.3, -0.25) is 4.79 Å². The van der Waals surface area contributed by atoms with Gasteiger partial charge in [0.1, 0.15) is 6.04 Å². The smallest absolute Gasteiger partial charge is 0.290 e. The van der Waals surface area contributed by atoms with Crippen LogP contribution in [0.25, 0.3) is 0 Å². The van der Waals surface area contributed by atoms with Crippen LogP contribution in [-0.2, 0) is 0 Å². The van der Waals surface area contributed by atoms with Gasteiger partial charge in [-0.1, -0.05) is 6.92 Å². The molecule has 1 heterocycles. The van der Waals surface area contributed by atoms with Crippen molar-refractivity contribution in [1.29, 1.82) is 5.26 Å². The molecule has 0 aliphatic heterocycles. The Bertz CT molecular complexity index is 403. The molecule has 15 heavy (non-hydrogen) atoms. The molecule has 0 radical (unpaired) electrons. The van der Waals surface area contributed by atoms with Gasteiger partial charge in [0.25, 0.3) is 5.91 Å². The minimum Gasteiger partial charge on any atom is -0.436 e. The molecular weight excluding hydrogens is 194 g/mol. The summed E-state index contributed by atoms with van der Waals surface area (Å²) in [4.78, 5) is 15.6. The van der Waals surface area contributed by atoms with Crippen LogP contribution in [0.1, 0.15) is 35.5 Å². The second-order valence-corrected chi connectivity index (χ2v) is 3.21. The first-order valence-electron chi connectivity index (χ1n) is 4.73. The summed E-state index contributed by atoms with van der Waals surface area (Å²) >= 11 is 0. The molecule has 1 amide bonds. The summed E-state index contributed by atoms with van der Waals surface area (Å²) in [5.41, 5.74) is 0.540. The molecule has 5 nitrogen and oxygen atoms in total. The fourth-order valence-corrected chi connectivity index (χ4v) is 1.19. The Morgan fingerprint density at radius 2 is 2.33 bits per heavy atom. The zero-order valence-electron chi connectivity index (χ0n) is 9.00. The third-order valence-corrected chi connectivity index (χ3v) is 1.98. The van der Waals surface area contributed by atoms with Crippen LogP contribution in [0.4, 0.5) is 0 Å². The first-order valence-corrected chi connectivity index (χ1v) is 4.73. The molecule has 1 rings (SSSR count). The molecule has 1 atom stereocenters. The van der Waals surface area contributed by atoms with Crippen molar-refractivity contribution in [2.24, 2.45) is 0 Å². The Kier molecular flexibility index (Phi) is 3.45. The van der Waals surface area contributed by atoms with E-state index in [-0.39, 0.29) is 11.7 Å². The number of aryl methyl sites for hydroxylation is 2. The summed E-state index contributed by atoms with van der Waals surface area (Å²) in [6, 6.07) is 1.50. The molecule has 0 aliphatic carbocycles. The van der Waals surface area contributed by atoms with Crippen molar-refractivity contribution in [2.75, 3.05) is 0 Å². The lowest BCUT2D eigenvalue weighted by Gasteiger charge is -2.06. The normalized spacial score (nSPS) is 11.9. The molecular formula is C10H13N3O2. The van der Waals surface area contributed by atoms with Crippen LogP contribution in [0.3, 0.4) is 0 Å². The number of hydrogen-bond donors (Lipinski definition) is 1. The van der Waals surface area contributed by atoms with Gasteiger partial charge in [-0.25, -0.2) is 4.98 Å². The van der Waals surface area contributed by atoms with Crippen LogP contribution < -0.4 is 5.32 Å². The quantitative estimate of drug-likeness (QED) is 0.810. The average molecular weight is 207 g/mol. The maximum Gasteiger partial charge on any atom is 0.290 e. The highest BCUT2D eigenvalue weighted by Gasteiger charge is 2.18. The molecule has 0 aliphatic rings. The van der Waals surface area contributed by atoms with Gasteiger partial charge in [-0.15, -0.1) is 0 Å². The maximum absolute atomic E-state index is 11.6. The molecule has 0 saturated heterocycles. The van der Waals surface area contributed by atoms with Crippen molar-refractivity contribution < 1.29 is 9.21 Å². The predicted octanol–water partition coefficient (Wildman–Crippen LogP) is 1.32. The van der Waals surface area contributed by atoms with Gasteiger partial charge in [-0.2, -0.15) is 5.26 Å². The Labute approximate surface area is 88.1 Å². The number of aromatic nitrogens is 1. The van der Waals surface area contributed by atoms with Crippen LogP contribution in [0.2, 0.25) is 0 Å². The predicted molar refractivity (Wildman–Crippen MR) is 53.1 cm³/mol. The molecule has 1 aromatic rings. The van der Waals surface area contributed by atoms with Crippen LogP contribution in [0.5, 0.6) is 0 Å². The second kappa shape index (κ2) is 4.60. The van der Waals surface area contributed by atoms with Crippen molar-refractivity contribution in [1.82, 2.24) is 10.3 Å². The SMILES string of the molecule is CCC(C#N)NC(=O)c1oc(C)nc1C. The van der Waals surface area contributed by atoms with Crippen molar-refractivity contribution in [3.8, 4) is 6.07 Å². The van der Waals surface area contributed by atoms with Crippen molar-refractivity contribution in [2.45, 2.75) is 33.2 Å². The summed E-state index contributed by atoms with van der Waals surface area (Å²) < 4.78 is 5.13. The molecule has 5 heteroatoms. The highest BCUT2D eigenvalue weighted by molar-refractivity contribution is 5.92. The number of oxazole rings is 1. The average Bonchev–Trinajstić information content (AvgIpc) is 2.54. The van der Waals surface area contributed by atoms with E-state index in [1.165, 1.54) is 0 Å². The highest BCUT2D eigenvalue weighted by Crippen LogP contribution is 2.09. The molecule has 1 unspecified atom stereocenters. The Balaban J connectivity index is 2.78. The number of hydrogen-bond acceptors (Lipinski definition) is 4. The first kappa shape index (κ1) is 11.2. The molecule has 80 valence electrons. The number of nitrogens with zero attached hydrogens (tertiary/aromatic N) is 2. The Hall–Kier alpha value is -1.83. The van der Waals surface area contributed by atoms with E-state index in [0.29, 0.717) is 18.0 Å². The zero-order chi connectivity index (χ0) is 11.4. The second-order valence-electron chi connectivity index (χ2n) is 3.21. The van der Waals surface area contributed by atoms with Gasteiger partial charge in [0.15, 0.2) is 5.89 Å². The third-order valence-electron chi connectivity index (χ3n) is 1.98. The van der Waals surface area contributed by atoms with E-state index in [1.54, 1.807) is 13.8 Å². The largest absolute Gasteiger partial charge is 0.436 e. The van der Waals surface area contributed by atoms with E-state index in [1.807, 2.05) is 13.0 Å². The molecule has 0 aromatic carbocycles. The van der Waals surface area contributed by atoms with E-state index in [2.05, 4.69) is 10.3 Å². The van der Waals surface area contributed by atoms with E-state index in [4.69, 9.17) is 9.68 Å². The molecule has 1 N–H and O–H groups in total. The topological polar surface area (TPSA) is 78.9 Å². The number of nitriles is 1. The molecule has 0 fully saturated rings. The number of amides is 1. The Morgan fingerprint density at radius 3 is 2.73 bits per heavy atom. The summed E-state index contributed by atoms with van der Waals surface area (Å²) in [5, 5.41) is 11.2. The van der Waals surface area contributed by atoms with Crippen molar-refractivity contribution >= 4 is 5.91 Å². The summed E-state index contributed by atoms with van der Waals surface area (Å²) in [5.74, 6) is 0.241. The fourth-order valence-electron chi connectivity index (χ4n) is 1.19. The fraction of sp³-hybridized carbons (Fsp3) is 0.500. The monoisotopic (exact) mass is 207 g/mol.